The van der Waals surface area contributed by atoms with E-state index in [9.17, 15) is 0 Å². The lowest BCUT2D eigenvalue weighted by molar-refractivity contribution is 0.669. The van der Waals surface area contributed by atoms with Gasteiger partial charge in [-0.25, -0.2) is 0 Å². The van der Waals surface area contributed by atoms with E-state index >= 15 is 0 Å². The third-order valence-electron chi connectivity index (χ3n) is 9.67. The maximum absolute atomic E-state index is 6.38. The zero-order valence-electron chi connectivity index (χ0n) is 26.5. The summed E-state index contributed by atoms with van der Waals surface area (Å²) in [6, 6.07) is 63.2. The third-order valence-corrected chi connectivity index (χ3v) is 10.9. The molecule has 0 unspecified atom stereocenters. The second-order valence-corrected chi connectivity index (χ2v) is 13.6. The molecule has 0 aliphatic carbocycles. The fourth-order valence-corrected chi connectivity index (χ4v) is 8.53. The van der Waals surface area contributed by atoms with E-state index in [4.69, 9.17) is 4.42 Å². The molecular weight excluding hydrogens is 615 g/mol. The Balaban J connectivity index is 1.11. The second kappa shape index (κ2) is 11.2. The van der Waals surface area contributed by atoms with Gasteiger partial charge in [-0.1, -0.05) is 121 Å². The molecule has 3 heteroatoms. The fraction of sp³-hybridized carbons (Fsp3) is 0. The van der Waals surface area contributed by atoms with Crippen LogP contribution < -0.4 is 4.90 Å². The van der Waals surface area contributed by atoms with Crippen LogP contribution in [0.15, 0.2) is 180 Å². The number of rotatable bonds is 5. The maximum atomic E-state index is 6.38. The molecule has 2 heterocycles. The van der Waals surface area contributed by atoms with Gasteiger partial charge in [-0.2, -0.15) is 0 Å². The molecule has 0 N–H and O–H groups in total. The van der Waals surface area contributed by atoms with Crippen LogP contribution in [0.3, 0.4) is 0 Å². The van der Waals surface area contributed by atoms with Crippen LogP contribution in [0, 0.1) is 0 Å². The van der Waals surface area contributed by atoms with Gasteiger partial charge in [-0.3, -0.25) is 0 Å². The molecule has 49 heavy (non-hydrogen) atoms. The Morgan fingerprint density at radius 2 is 1.10 bits per heavy atom. The van der Waals surface area contributed by atoms with E-state index in [1.807, 2.05) is 23.5 Å². The minimum absolute atomic E-state index is 0.884. The van der Waals surface area contributed by atoms with Gasteiger partial charge in [-0.05, 0) is 81.6 Å². The summed E-state index contributed by atoms with van der Waals surface area (Å²) in [5.41, 5.74) is 9.97. The van der Waals surface area contributed by atoms with Crippen molar-refractivity contribution in [1.82, 2.24) is 0 Å². The first-order valence-corrected chi connectivity index (χ1v) is 17.4. The number of para-hydroxylation sites is 1. The van der Waals surface area contributed by atoms with Crippen molar-refractivity contribution >= 4 is 81.3 Å². The number of thiophene rings is 1. The minimum Gasteiger partial charge on any atom is -0.456 e. The number of anilines is 3. The molecule has 0 saturated heterocycles. The number of nitrogens with zero attached hydrogens (tertiary/aromatic N) is 1. The highest BCUT2D eigenvalue weighted by atomic mass is 32.1. The number of furan rings is 1. The molecule has 0 aliphatic rings. The van der Waals surface area contributed by atoms with E-state index in [0.29, 0.717) is 0 Å². The normalized spacial score (nSPS) is 11.7. The van der Waals surface area contributed by atoms with Crippen LogP contribution in [0.5, 0.6) is 0 Å². The molecule has 230 valence electrons. The maximum Gasteiger partial charge on any atom is 0.137 e. The molecule has 0 radical (unpaired) electrons. The smallest absolute Gasteiger partial charge is 0.137 e. The van der Waals surface area contributed by atoms with Crippen molar-refractivity contribution in [3.8, 4) is 22.3 Å². The van der Waals surface area contributed by atoms with E-state index in [1.165, 1.54) is 53.2 Å². The van der Waals surface area contributed by atoms with Crippen LogP contribution in [0.1, 0.15) is 0 Å². The Morgan fingerprint density at radius 3 is 2.00 bits per heavy atom. The van der Waals surface area contributed by atoms with Gasteiger partial charge in [0.2, 0.25) is 0 Å². The molecule has 2 nitrogen and oxygen atoms in total. The van der Waals surface area contributed by atoms with Crippen LogP contribution in [-0.4, -0.2) is 0 Å². The number of fused-ring (bicyclic) bond motifs is 7. The van der Waals surface area contributed by atoms with Crippen molar-refractivity contribution < 1.29 is 4.42 Å². The molecule has 0 amide bonds. The molecule has 0 aliphatic heterocycles. The number of hydrogen-bond acceptors (Lipinski definition) is 3. The van der Waals surface area contributed by atoms with Gasteiger partial charge in [0.15, 0.2) is 0 Å². The highest BCUT2D eigenvalue weighted by Gasteiger charge is 2.20. The molecule has 0 fully saturated rings. The second-order valence-electron chi connectivity index (χ2n) is 12.5. The lowest BCUT2D eigenvalue weighted by Crippen LogP contribution is -2.10. The molecule has 8 aromatic carbocycles. The van der Waals surface area contributed by atoms with Crippen molar-refractivity contribution in [3.63, 3.8) is 0 Å². The van der Waals surface area contributed by atoms with Gasteiger partial charge in [0, 0.05) is 43.7 Å². The zero-order valence-corrected chi connectivity index (χ0v) is 27.3. The monoisotopic (exact) mass is 643 g/mol. The van der Waals surface area contributed by atoms with Gasteiger partial charge >= 0.3 is 0 Å². The summed E-state index contributed by atoms with van der Waals surface area (Å²) < 4.78 is 8.93. The van der Waals surface area contributed by atoms with E-state index < -0.39 is 0 Å². The van der Waals surface area contributed by atoms with Crippen LogP contribution in [0.4, 0.5) is 17.1 Å². The standard InChI is InChI=1S/C46H29NOS/c1-2-10-31(11-3-1)36-15-8-12-33-28-32(22-26-37(33)36)30-20-23-34(24-21-30)47(35-25-27-39-38-13-4-6-18-43(38)48-44(39)29-35)42-17-9-16-41-40-14-5-7-19-45(40)49-46(41)42/h1-29H. The first-order chi connectivity index (χ1) is 24.3. The summed E-state index contributed by atoms with van der Waals surface area (Å²) >= 11 is 1.85. The molecule has 0 bridgehead atoms. The number of hydrogen-bond donors (Lipinski definition) is 0. The average molecular weight is 644 g/mol. The van der Waals surface area contributed by atoms with Crippen LogP contribution >= 0.6 is 11.3 Å². The van der Waals surface area contributed by atoms with E-state index in [-0.39, 0.29) is 0 Å². The van der Waals surface area contributed by atoms with Crippen LogP contribution in [-0.2, 0) is 0 Å². The third kappa shape index (κ3) is 4.62. The topological polar surface area (TPSA) is 16.4 Å². The Kier molecular flexibility index (Phi) is 6.39. The van der Waals surface area contributed by atoms with Crippen molar-refractivity contribution in [1.29, 1.82) is 0 Å². The Morgan fingerprint density at radius 1 is 0.408 bits per heavy atom. The lowest BCUT2D eigenvalue weighted by atomic mass is 9.95. The molecule has 10 aromatic rings. The van der Waals surface area contributed by atoms with Gasteiger partial charge < -0.3 is 9.32 Å². The molecule has 0 saturated carbocycles. The van der Waals surface area contributed by atoms with Crippen molar-refractivity contribution in [3.05, 3.63) is 176 Å². The molecule has 0 atom stereocenters. The summed E-state index contributed by atoms with van der Waals surface area (Å²) in [7, 11) is 0. The summed E-state index contributed by atoms with van der Waals surface area (Å²) in [5, 5.41) is 7.33. The quantitative estimate of drug-likeness (QED) is 0.186. The number of benzene rings is 8. The van der Waals surface area contributed by atoms with E-state index in [2.05, 4.69) is 169 Å². The first kappa shape index (κ1) is 27.9. The van der Waals surface area contributed by atoms with Crippen molar-refractivity contribution in [2.24, 2.45) is 0 Å². The predicted molar refractivity (Wildman–Crippen MR) is 210 cm³/mol. The average Bonchev–Trinajstić information content (AvgIpc) is 3.74. The van der Waals surface area contributed by atoms with Crippen LogP contribution in [0.2, 0.25) is 0 Å². The molecule has 10 rings (SSSR count). The summed E-state index contributed by atoms with van der Waals surface area (Å²) in [4.78, 5) is 2.38. The van der Waals surface area contributed by atoms with E-state index in [0.717, 1.165) is 39.0 Å². The van der Waals surface area contributed by atoms with Gasteiger partial charge in [0.1, 0.15) is 11.2 Å². The van der Waals surface area contributed by atoms with E-state index in [1.54, 1.807) is 0 Å². The van der Waals surface area contributed by atoms with Gasteiger partial charge in [0.25, 0.3) is 0 Å². The van der Waals surface area contributed by atoms with Crippen molar-refractivity contribution in [2.75, 3.05) is 4.90 Å². The SMILES string of the molecule is c1ccc(-c2cccc3cc(-c4ccc(N(c5ccc6c(c5)oc5ccccc56)c5cccc6c5sc5ccccc56)cc4)ccc23)cc1. The Labute approximate surface area is 287 Å². The summed E-state index contributed by atoms with van der Waals surface area (Å²) in [6.07, 6.45) is 0. The highest BCUT2D eigenvalue weighted by molar-refractivity contribution is 7.26. The highest BCUT2D eigenvalue weighted by Crippen LogP contribution is 2.46. The summed E-state index contributed by atoms with van der Waals surface area (Å²) in [5.74, 6) is 0. The largest absolute Gasteiger partial charge is 0.456 e. The molecule has 2 aromatic heterocycles. The zero-order chi connectivity index (χ0) is 32.3. The van der Waals surface area contributed by atoms with Gasteiger partial charge in [-0.15, -0.1) is 11.3 Å². The lowest BCUT2D eigenvalue weighted by Gasteiger charge is -2.26. The summed E-state index contributed by atoms with van der Waals surface area (Å²) in [6.45, 7) is 0. The molecule has 0 spiro atoms. The van der Waals surface area contributed by atoms with Crippen LogP contribution in [0.25, 0.3) is 75.1 Å². The first-order valence-electron chi connectivity index (χ1n) is 16.6. The Bertz CT molecular complexity index is 2830. The Hall–Kier alpha value is -6.16. The minimum atomic E-state index is 0.884. The molecular formula is C46H29NOS. The van der Waals surface area contributed by atoms with Crippen molar-refractivity contribution in [2.45, 2.75) is 0 Å². The fourth-order valence-electron chi connectivity index (χ4n) is 7.32. The van der Waals surface area contributed by atoms with Gasteiger partial charge in [0.05, 0.1) is 10.4 Å². The predicted octanol–water partition coefficient (Wildman–Crippen LogP) is 13.9.